The van der Waals surface area contributed by atoms with Crippen LogP contribution in [0.4, 0.5) is 5.69 Å². The second-order valence-electron chi connectivity index (χ2n) is 7.15. The molecule has 3 rings (SSSR count). The molecule has 168 valence electrons. The SMILES string of the molecule is CCOc1cccc(/C(O)=C2\C(=O)C(=O)N(CCCOC)C2c2cccc([N+](=O)[O-])c2)c1. The van der Waals surface area contributed by atoms with Crippen LogP contribution in [-0.4, -0.2) is 53.5 Å². The summed E-state index contributed by atoms with van der Waals surface area (Å²) in [5.74, 6) is -1.49. The number of hydrogen-bond donors (Lipinski definition) is 1. The van der Waals surface area contributed by atoms with Gasteiger partial charge in [-0.25, -0.2) is 0 Å². The van der Waals surface area contributed by atoms with Gasteiger partial charge in [-0.2, -0.15) is 0 Å². The maximum Gasteiger partial charge on any atom is 0.295 e. The van der Waals surface area contributed by atoms with Gasteiger partial charge in [-0.05, 0) is 31.0 Å². The molecular weight excluding hydrogens is 416 g/mol. The first-order valence-electron chi connectivity index (χ1n) is 10.1. The Bertz CT molecular complexity index is 1060. The Morgan fingerprint density at radius 2 is 1.94 bits per heavy atom. The Morgan fingerprint density at radius 1 is 1.19 bits per heavy atom. The number of nitro benzene ring substituents is 1. The molecule has 1 amide bonds. The first-order chi connectivity index (χ1) is 15.4. The van der Waals surface area contributed by atoms with E-state index in [1.54, 1.807) is 30.3 Å². The first-order valence-corrected chi connectivity index (χ1v) is 10.1. The molecule has 1 heterocycles. The molecule has 0 saturated carbocycles. The van der Waals surface area contributed by atoms with Gasteiger partial charge >= 0.3 is 0 Å². The second kappa shape index (κ2) is 10.1. The van der Waals surface area contributed by atoms with E-state index < -0.39 is 22.7 Å². The largest absolute Gasteiger partial charge is 0.507 e. The number of nitrogens with zero attached hydrogens (tertiary/aromatic N) is 2. The van der Waals surface area contributed by atoms with E-state index in [-0.39, 0.29) is 23.6 Å². The standard InChI is InChI=1S/C23H24N2O7/c1-3-32-18-10-5-8-16(14-18)21(26)19-20(15-7-4-9-17(13-15)25(29)30)24(11-6-12-31-2)23(28)22(19)27/h4-5,7-10,13-14,20,26H,3,6,11-12H2,1-2H3/b21-19+. The lowest BCUT2D eigenvalue weighted by Gasteiger charge is -2.25. The Balaban J connectivity index is 2.15. The lowest BCUT2D eigenvalue weighted by Crippen LogP contribution is -2.31. The predicted octanol–water partition coefficient (Wildman–Crippen LogP) is 3.45. The lowest BCUT2D eigenvalue weighted by atomic mass is 9.95. The van der Waals surface area contributed by atoms with Crippen LogP contribution < -0.4 is 4.74 Å². The van der Waals surface area contributed by atoms with Crippen molar-refractivity contribution in [2.45, 2.75) is 19.4 Å². The zero-order valence-corrected chi connectivity index (χ0v) is 17.8. The summed E-state index contributed by atoms with van der Waals surface area (Å²) in [7, 11) is 1.53. The number of amides is 1. The summed E-state index contributed by atoms with van der Waals surface area (Å²) >= 11 is 0. The molecule has 1 aliphatic heterocycles. The van der Waals surface area contributed by atoms with Gasteiger partial charge in [-0.15, -0.1) is 0 Å². The number of benzene rings is 2. The Labute approximate surface area is 185 Å². The van der Waals surface area contributed by atoms with Gasteiger partial charge in [-0.3, -0.25) is 19.7 Å². The number of likely N-dealkylation sites (tertiary alicyclic amines) is 1. The van der Waals surface area contributed by atoms with Crippen LogP contribution in [0.15, 0.2) is 54.1 Å². The summed E-state index contributed by atoms with van der Waals surface area (Å²) in [6.07, 6.45) is 0.453. The highest BCUT2D eigenvalue weighted by atomic mass is 16.6. The Hall–Kier alpha value is -3.72. The average Bonchev–Trinajstić information content (AvgIpc) is 3.04. The molecule has 1 atom stereocenters. The van der Waals surface area contributed by atoms with Gasteiger partial charge in [0.15, 0.2) is 0 Å². The minimum Gasteiger partial charge on any atom is -0.507 e. The van der Waals surface area contributed by atoms with Gasteiger partial charge in [0.1, 0.15) is 11.5 Å². The van der Waals surface area contributed by atoms with Crippen molar-refractivity contribution in [3.05, 3.63) is 75.3 Å². The van der Waals surface area contributed by atoms with Crippen molar-refractivity contribution in [3.63, 3.8) is 0 Å². The number of aliphatic hydroxyl groups is 1. The molecule has 9 nitrogen and oxygen atoms in total. The second-order valence-corrected chi connectivity index (χ2v) is 7.15. The van der Waals surface area contributed by atoms with Gasteiger partial charge in [0.05, 0.1) is 23.1 Å². The molecule has 0 bridgehead atoms. The van der Waals surface area contributed by atoms with Crippen molar-refractivity contribution in [2.75, 3.05) is 26.9 Å². The fourth-order valence-electron chi connectivity index (χ4n) is 3.70. The molecule has 1 aliphatic rings. The van der Waals surface area contributed by atoms with Gasteiger partial charge in [0, 0.05) is 38.0 Å². The Morgan fingerprint density at radius 3 is 2.62 bits per heavy atom. The molecule has 0 aliphatic carbocycles. The van der Waals surface area contributed by atoms with Crippen LogP contribution in [0.5, 0.6) is 5.75 Å². The fourth-order valence-corrected chi connectivity index (χ4v) is 3.70. The fraction of sp³-hybridized carbons (Fsp3) is 0.304. The molecule has 2 aromatic rings. The summed E-state index contributed by atoms with van der Waals surface area (Å²) in [5.41, 5.74) is 0.365. The van der Waals surface area contributed by atoms with E-state index in [4.69, 9.17) is 9.47 Å². The normalized spacial score (nSPS) is 17.6. The van der Waals surface area contributed by atoms with E-state index in [2.05, 4.69) is 0 Å². The van der Waals surface area contributed by atoms with Crippen LogP contribution in [0.3, 0.4) is 0 Å². The molecule has 1 unspecified atom stereocenters. The molecular formula is C23H24N2O7. The maximum atomic E-state index is 13.0. The van der Waals surface area contributed by atoms with Crippen molar-refractivity contribution in [1.82, 2.24) is 4.90 Å². The number of Topliss-reactive ketones (excluding diaryl/α,β-unsaturated/α-hetero) is 1. The molecule has 0 radical (unpaired) electrons. The van der Waals surface area contributed by atoms with Crippen LogP contribution in [0.1, 0.15) is 30.5 Å². The van der Waals surface area contributed by atoms with Gasteiger partial charge in [0.25, 0.3) is 17.4 Å². The predicted molar refractivity (Wildman–Crippen MR) is 116 cm³/mol. The molecule has 32 heavy (non-hydrogen) atoms. The highest BCUT2D eigenvalue weighted by Gasteiger charge is 2.46. The monoisotopic (exact) mass is 440 g/mol. The minimum atomic E-state index is -0.970. The molecule has 0 spiro atoms. The van der Waals surface area contributed by atoms with Gasteiger partial charge < -0.3 is 19.5 Å². The number of hydrogen-bond acceptors (Lipinski definition) is 7. The third-order valence-corrected chi connectivity index (χ3v) is 5.10. The number of aliphatic hydroxyl groups excluding tert-OH is 1. The summed E-state index contributed by atoms with van der Waals surface area (Å²) in [6, 6.07) is 11.3. The van der Waals surface area contributed by atoms with Crippen molar-refractivity contribution in [3.8, 4) is 5.75 Å². The maximum absolute atomic E-state index is 13.0. The number of rotatable bonds is 9. The van der Waals surface area contributed by atoms with Crippen molar-refractivity contribution in [1.29, 1.82) is 0 Å². The highest BCUT2D eigenvalue weighted by Crippen LogP contribution is 2.40. The zero-order valence-electron chi connectivity index (χ0n) is 17.8. The third-order valence-electron chi connectivity index (χ3n) is 5.10. The molecule has 0 aromatic heterocycles. The highest BCUT2D eigenvalue weighted by molar-refractivity contribution is 6.46. The van der Waals surface area contributed by atoms with Crippen molar-refractivity contribution < 1.29 is 29.1 Å². The van der Waals surface area contributed by atoms with Gasteiger partial charge in [0.2, 0.25) is 0 Å². The van der Waals surface area contributed by atoms with Crippen LogP contribution in [0.25, 0.3) is 5.76 Å². The summed E-state index contributed by atoms with van der Waals surface area (Å²) in [5, 5.41) is 22.4. The number of carbonyl (C=O) groups excluding carboxylic acids is 2. The molecule has 9 heteroatoms. The average molecular weight is 440 g/mol. The van der Waals surface area contributed by atoms with Crippen LogP contribution in [-0.2, 0) is 14.3 Å². The van der Waals surface area contributed by atoms with Crippen LogP contribution in [0.2, 0.25) is 0 Å². The first kappa shape index (κ1) is 23.0. The van der Waals surface area contributed by atoms with E-state index in [9.17, 15) is 24.8 Å². The lowest BCUT2D eigenvalue weighted by molar-refractivity contribution is -0.384. The number of non-ortho nitro benzene ring substituents is 1. The zero-order chi connectivity index (χ0) is 23.3. The minimum absolute atomic E-state index is 0.124. The number of carbonyl (C=O) groups is 2. The van der Waals surface area contributed by atoms with Crippen LogP contribution >= 0.6 is 0 Å². The Kier molecular flexibility index (Phi) is 7.21. The van der Waals surface area contributed by atoms with E-state index in [1.165, 1.54) is 30.2 Å². The van der Waals surface area contributed by atoms with E-state index in [0.29, 0.717) is 36.5 Å². The molecule has 2 aromatic carbocycles. The quantitative estimate of drug-likeness (QED) is 0.158. The molecule has 1 fully saturated rings. The summed E-state index contributed by atoms with van der Waals surface area (Å²) in [4.78, 5) is 37.9. The van der Waals surface area contributed by atoms with Gasteiger partial charge in [-0.1, -0.05) is 24.3 Å². The van der Waals surface area contributed by atoms with Crippen molar-refractivity contribution >= 4 is 23.1 Å². The summed E-state index contributed by atoms with van der Waals surface area (Å²) < 4.78 is 10.5. The smallest absolute Gasteiger partial charge is 0.295 e. The molecule has 1 N–H and O–H groups in total. The van der Waals surface area contributed by atoms with E-state index in [1.807, 2.05) is 6.92 Å². The van der Waals surface area contributed by atoms with Crippen LogP contribution in [0, 0.1) is 10.1 Å². The molecule has 1 saturated heterocycles. The third kappa shape index (κ3) is 4.62. The topological polar surface area (TPSA) is 119 Å². The van der Waals surface area contributed by atoms with E-state index in [0.717, 1.165) is 0 Å². The number of nitro groups is 1. The number of ketones is 1. The van der Waals surface area contributed by atoms with E-state index >= 15 is 0 Å². The number of ether oxygens (including phenoxy) is 2. The summed E-state index contributed by atoms with van der Waals surface area (Å²) in [6.45, 7) is 2.78. The van der Waals surface area contributed by atoms with Crippen molar-refractivity contribution in [2.24, 2.45) is 0 Å². The number of methoxy groups -OCH3 is 1.